The minimum atomic E-state index is 0.344. The molecule has 0 spiro atoms. The Labute approximate surface area is 92.1 Å². The molecule has 0 saturated carbocycles. The molecule has 1 saturated heterocycles. The van der Waals surface area contributed by atoms with Crippen LogP contribution in [0.5, 0.6) is 0 Å². The van der Waals surface area contributed by atoms with Crippen LogP contribution in [0.1, 0.15) is 26.7 Å². The van der Waals surface area contributed by atoms with E-state index < -0.39 is 0 Å². The highest BCUT2D eigenvalue weighted by atomic mass is 32.2. The zero-order chi connectivity index (χ0) is 10.6. The topological polar surface area (TPSA) is 23.5 Å². The van der Waals surface area contributed by atoms with Gasteiger partial charge in [-0.2, -0.15) is 11.8 Å². The van der Waals surface area contributed by atoms with Gasteiger partial charge in [-0.25, -0.2) is 0 Å². The summed E-state index contributed by atoms with van der Waals surface area (Å²) in [5.41, 5.74) is 0. The lowest BCUT2D eigenvalue weighted by atomic mass is 9.94. The average Bonchev–Trinajstić information content (AvgIpc) is 2.15. The van der Waals surface area contributed by atoms with Crippen molar-refractivity contribution in [2.24, 2.45) is 5.92 Å². The Hall–Kier alpha value is 0.270. The smallest absolute Gasteiger partial charge is 0.0552 e. The molecule has 1 aliphatic rings. The van der Waals surface area contributed by atoms with Crippen molar-refractivity contribution in [3.8, 4) is 0 Å². The minimum Gasteiger partial charge on any atom is -0.395 e. The van der Waals surface area contributed by atoms with Gasteiger partial charge in [0.2, 0.25) is 0 Å². The normalized spacial score (nSPS) is 22.9. The third kappa shape index (κ3) is 3.79. The predicted octanol–water partition coefficient (Wildman–Crippen LogP) is 1.83. The van der Waals surface area contributed by atoms with Gasteiger partial charge in [0.25, 0.3) is 0 Å². The van der Waals surface area contributed by atoms with Gasteiger partial charge in [-0.15, -0.1) is 0 Å². The van der Waals surface area contributed by atoms with E-state index in [0.29, 0.717) is 17.1 Å². The maximum absolute atomic E-state index is 9.36. The quantitative estimate of drug-likeness (QED) is 0.777. The van der Waals surface area contributed by atoms with Gasteiger partial charge in [-0.1, -0.05) is 13.8 Å². The fraction of sp³-hybridized carbons (Fsp3) is 1.00. The van der Waals surface area contributed by atoms with Crippen molar-refractivity contribution in [3.05, 3.63) is 0 Å². The summed E-state index contributed by atoms with van der Waals surface area (Å²) in [6.07, 6.45) is 2.50. The van der Waals surface area contributed by atoms with Gasteiger partial charge in [-0.3, -0.25) is 0 Å². The second-order valence-corrected chi connectivity index (χ2v) is 6.37. The van der Waals surface area contributed by atoms with E-state index in [1.54, 1.807) is 0 Å². The molecule has 0 bridgehead atoms. The summed E-state index contributed by atoms with van der Waals surface area (Å²) < 4.78 is 0. The van der Waals surface area contributed by atoms with Crippen molar-refractivity contribution < 1.29 is 5.11 Å². The van der Waals surface area contributed by atoms with Crippen LogP contribution in [0, 0.1) is 5.92 Å². The first-order chi connectivity index (χ1) is 6.63. The average molecular weight is 217 g/mol. The van der Waals surface area contributed by atoms with Crippen molar-refractivity contribution in [3.63, 3.8) is 0 Å². The van der Waals surface area contributed by atoms with Crippen LogP contribution in [-0.4, -0.2) is 47.3 Å². The van der Waals surface area contributed by atoms with Gasteiger partial charge in [0.15, 0.2) is 0 Å². The monoisotopic (exact) mass is 217 g/mol. The molecule has 14 heavy (non-hydrogen) atoms. The van der Waals surface area contributed by atoms with Crippen LogP contribution in [0.2, 0.25) is 0 Å². The van der Waals surface area contributed by atoms with Crippen LogP contribution in [0.3, 0.4) is 0 Å². The summed E-state index contributed by atoms with van der Waals surface area (Å²) in [6.45, 7) is 7.15. The van der Waals surface area contributed by atoms with Crippen LogP contribution < -0.4 is 0 Å². The standard InChI is InChI=1S/C11H23NOS/c1-9(2)14-11(8-13)10-4-6-12(3)7-5-10/h9-11,13H,4-8H2,1-3H3. The summed E-state index contributed by atoms with van der Waals surface area (Å²) >= 11 is 1.94. The summed E-state index contributed by atoms with van der Waals surface area (Å²) in [5.74, 6) is 0.726. The molecular formula is C11H23NOS. The Morgan fingerprint density at radius 3 is 2.36 bits per heavy atom. The molecular weight excluding hydrogens is 194 g/mol. The van der Waals surface area contributed by atoms with Gasteiger partial charge in [0.05, 0.1) is 6.61 Å². The molecule has 1 fully saturated rings. The molecule has 1 atom stereocenters. The van der Waals surface area contributed by atoms with E-state index in [-0.39, 0.29) is 0 Å². The largest absolute Gasteiger partial charge is 0.395 e. The summed E-state index contributed by atoms with van der Waals surface area (Å²) in [7, 11) is 2.18. The zero-order valence-corrected chi connectivity index (χ0v) is 10.4. The maximum Gasteiger partial charge on any atom is 0.0552 e. The van der Waals surface area contributed by atoms with Crippen molar-refractivity contribution in [1.82, 2.24) is 4.90 Å². The lowest BCUT2D eigenvalue weighted by Crippen LogP contribution is -2.36. The van der Waals surface area contributed by atoms with E-state index in [2.05, 4.69) is 25.8 Å². The molecule has 0 radical (unpaired) electrons. The summed E-state index contributed by atoms with van der Waals surface area (Å²) in [5, 5.41) is 10.5. The number of thioether (sulfide) groups is 1. The number of piperidine rings is 1. The number of aliphatic hydroxyl groups excluding tert-OH is 1. The number of aliphatic hydroxyl groups is 1. The third-order valence-electron chi connectivity index (χ3n) is 2.92. The summed E-state index contributed by atoms with van der Waals surface area (Å²) in [4.78, 5) is 2.38. The van der Waals surface area contributed by atoms with Crippen molar-refractivity contribution in [2.45, 2.75) is 37.2 Å². The first-order valence-electron chi connectivity index (χ1n) is 5.58. The lowest BCUT2D eigenvalue weighted by Gasteiger charge is -2.33. The number of hydrogen-bond donors (Lipinski definition) is 1. The lowest BCUT2D eigenvalue weighted by molar-refractivity contribution is 0.186. The van der Waals surface area contributed by atoms with Gasteiger partial charge in [0.1, 0.15) is 0 Å². The highest BCUT2D eigenvalue weighted by molar-refractivity contribution is 8.00. The second-order valence-electron chi connectivity index (χ2n) is 4.55. The van der Waals surface area contributed by atoms with E-state index >= 15 is 0 Å². The van der Waals surface area contributed by atoms with E-state index in [4.69, 9.17) is 0 Å². The third-order valence-corrected chi connectivity index (χ3v) is 4.34. The molecule has 1 heterocycles. The van der Waals surface area contributed by atoms with Crippen LogP contribution in [-0.2, 0) is 0 Å². The van der Waals surface area contributed by atoms with Crippen LogP contribution in [0.15, 0.2) is 0 Å². The molecule has 0 aromatic carbocycles. The number of rotatable bonds is 4. The first kappa shape index (κ1) is 12.3. The van der Waals surface area contributed by atoms with Gasteiger partial charge in [-0.05, 0) is 44.1 Å². The number of nitrogens with zero attached hydrogens (tertiary/aromatic N) is 1. The Kier molecular flexibility index (Phi) is 5.28. The van der Waals surface area contributed by atoms with Crippen molar-refractivity contribution in [1.29, 1.82) is 0 Å². The van der Waals surface area contributed by atoms with Crippen LogP contribution >= 0.6 is 11.8 Å². The minimum absolute atomic E-state index is 0.344. The Morgan fingerprint density at radius 1 is 1.36 bits per heavy atom. The van der Waals surface area contributed by atoms with Gasteiger partial charge < -0.3 is 10.0 Å². The van der Waals surface area contributed by atoms with Crippen LogP contribution in [0.25, 0.3) is 0 Å². The second kappa shape index (κ2) is 5.99. The molecule has 1 N–H and O–H groups in total. The predicted molar refractivity (Wildman–Crippen MR) is 63.8 cm³/mol. The van der Waals surface area contributed by atoms with E-state index in [9.17, 15) is 5.11 Å². The molecule has 0 aromatic heterocycles. The number of hydrogen-bond acceptors (Lipinski definition) is 3. The molecule has 2 nitrogen and oxygen atoms in total. The van der Waals surface area contributed by atoms with E-state index in [1.165, 1.54) is 25.9 Å². The van der Waals surface area contributed by atoms with E-state index in [0.717, 1.165) is 5.92 Å². The van der Waals surface area contributed by atoms with Crippen molar-refractivity contribution in [2.75, 3.05) is 26.7 Å². The molecule has 0 aromatic rings. The summed E-state index contributed by atoms with van der Waals surface area (Å²) in [6, 6.07) is 0. The molecule has 1 rings (SSSR count). The van der Waals surface area contributed by atoms with Crippen LogP contribution in [0.4, 0.5) is 0 Å². The number of likely N-dealkylation sites (tertiary alicyclic amines) is 1. The maximum atomic E-state index is 9.36. The van der Waals surface area contributed by atoms with Crippen molar-refractivity contribution >= 4 is 11.8 Å². The van der Waals surface area contributed by atoms with Gasteiger partial charge in [0, 0.05) is 5.25 Å². The molecule has 1 unspecified atom stereocenters. The van der Waals surface area contributed by atoms with E-state index in [1.807, 2.05) is 11.8 Å². The fourth-order valence-electron chi connectivity index (χ4n) is 2.05. The molecule has 84 valence electrons. The highest BCUT2D eigenvalue weighted by Crippen LogP contribution is 2.30. The molecule has 1 aliphatic heterocycles. The Balaban J connectivity index is 2.36. The zero-order valence-electron chi connectivity index (χ0n) is 9.57. The Bertz CT molecular complexity index is 155. The SMILES string of the molecule is CC(C)SC(CO)C1CCN(C)CC1. The Morgan fingerprint density at radius 2 is 1.93 bits per heavy atom. The molecule has 0 amide bonds. The molecule has 0 aliphatic carbocycles. The van der Waals surface area contributed by atoms with Gasteiger partial charge >= 0.3 is 0 Å². The molecule has 3 heteroatoms. The highest BCUT2D eigenvalue weighted by Gasteiger charge is 2.25. The fourth-order valence-corrected chi connectivity index (χ4v) is 3.33. The first-order valence-corrected chi connectivity index (χ1v) is 6.52.